The van der Waals surface area contributed by atoms with E-state index < -0.39 is 23.4 Å². The molecule has 2 heterocycles. The van der Waals surface area contributed by atoms with Crippen molar-refractivity contribution in [2.24, 2.45) is 0 Å². The van der Waals surface area contributed by atoms with E-state index in [1.165, 1.54) is 40.5 Å². The Kier molecular flexibility index (Phi) is 7.57. The zero-order valence-corrected chi connectivity index (χ0v) is 20.5. The third-order valence-electron chi connectivity index (χ3n) is 5.06. The zero-order chi connectivity index (χ0) is 26.0. The summed E-state index contributed by atoms with van der Waals surface area (Å²) < 4.78 is 40.6. The molecule has 1 fully saturated rings. The number of nitrogens with zero attached hydrogens (tertiary/aromatic N) is 1. The molecule has 12 heteroatoms. The molecule has 36 heavy (non-hydrogen) atoms. The topological polar surface area (TPSA) is 86.7 Å². The van der Waals surface area contributed by atoms with Crippen LogP contribution in [0.25, 0.3) is 17.2 Å². The van der Waals surface area contributed by atoms with E-state index in [0.29, 0.717) is 21.0 Å². The lowest BCUT2D eigenvalue weighted by Crippen LogP contribution is -2.31. The number of thiocarbonyl (C=S) groups is 1. The number of carboxylic acids is 1. The van der Waals surface area contributed by atoms with Crippen molar-refractivity contribution < 1.29 is 32.7 Å². The standard InChI is InChI=1S/C24H15F3N2O4S3/c25-17-8-13(9-18(26)21(17)27)14-7-16(35-11-14)10-19-22(31)29(24(34)36-19)6-5-20(30)28-15-3-1-12(2-4-15)23(32)33/h1-4,7-11H,5-6H2,(H,28,30)(H,32,33). The normalized spacial score (nSPS) is 14.5. The van der Waals surface area contributed by atoms with Gasteiger partial charge in [-0.05, 0) is 65.0 Å². The molecule has 0 aliphatic carbocycles. The number of anilines is 1. The van der Waals surface area contributed by atoms with Crippen molar-refractivity contribution in [3.8, 4) is 11.1 Å². The number of hydrogen-bond acceptors (Lipinski definition) is 6. The second-order valence-electron chi connectivity index (χ2n) is 7.51. The van der Waals surface area contributed by atoms with Gasteiger partial charge in [0.05, 0.1) is 10.5 Å². The van der Waals surface area contributed by atoms with E-state index in [0.717, 1.165) is 23.9 Å². The quantitative estimate of drug-likeness (QED) is 0.222. The fraction of sp³-hybridized carbons (Fsp3) is 0.0833. The molecule has 2 amide bonds. The van der Waals surface area contributed by atoms with Crippen LogP contribution in [0.4, 0.5) is 18.9 Å². The molecular formula is C24H15F3N2O4S3. The van der Waals surface area contributed by atoms with Gasteiger partial charge in [-0.25, -0.2) is 18.0 Å². The van der Waals surface area contributed by atoms with Crippen molar-refractivity contribution in [1.82, 2.24) is 4.90 Å². The van der Waals surface area contributed by atoms with Crippen molar-refractivity contribution in [3.63, 3.8) is 0 Å². The molecule has 4 rings (SSSR count). The van der Waals surface area contributed by atoms with Crippen LogP contribution in [0.1, 0.15) is 21.7 Å². The Morgan fingerprint density at radius 3 is 2.36 bits per heavy atom. The number of thioether (sulfide) groups is 1. The Labute approximate surface area is 216 Å². The van der Waals surface area contributed by atoms with Gasteiger partial charge in [0.15, 0.2) is 17.5 Å². The molecule has 0 bridgehead atoms. The summed E-state index contributed by atoms with van der Waals surface area (Å²) in [4.78, 5) is 38.3. The predicted octanol–water partition coefficient (Wildman–Crippen LogP) is 5.76. The molecule has 0 spiro atoms. The van der Waals surface area contributed by atoms with Crippen molar-refractivity contribution in [2.45, 2.75) is 6.42 Å². The van der Waals surface area contributed by atoms with Gasteiger partial charge in [-0.3, -0.25) is 14.5 Å². The maximum Gasteiger partial charge on any atom is 0.335 e. The minimum atomic E-state index is -1.54. The number of hydrogen-bond donors (Lipinski definition) is 2. The molecule has 3 aromatic rings. The number of thiophene rings is 1. The van der Waals surface area contributed by atoms with E-state index >= 15 is 0 Å². The summed E-state index contributed by atoms with van der Waals surface area (Å²) in [7, 11) is 0. The summed E-state index contributed by atoms with van der Waals surface area (Å²) >= 11 is 7.58. The number of halogens is 3. The van der Waals surface area contributed by atoms with Crippen LogP contribution in [-0.2, 0) is 9.59 Å². The summed E-state index contributed by atoms with van der Waals surface area (Å²) in [6.07, 6.45) is 1.55. The average Bonchev–Trinajstić information content (AvgIpc) is 3.40. The molecule has 2 N–H and O–H groups in total. The van der Waals surface area contributed by atoms with Crippen LogP contribution in [0, 0.1) is 17.5 Å². The highest BCUT2D eigenvalue weighted by Crippen LogP contribution is 2.35. The number of carbonyl (C=O) groups is 3. The first-order valence-corrected chi connectivity index (χ1v) is 12.3. The molecule has 0 atom stereocenters. The second-order valence-corrected chi connectivity index (χ2v) is 10.1. The van der Waals surface area contributed by atoms with Gasteiger partial charge >= 0.3 is 5.97 Å². The van der Waals surface area contributed by atoms with Gasteiger partial charge in [0, 0.05) is 23.5 Å². The summed E-state index contributed by atoms with van der Waals surface area (Å²) in [5.74, 6) is -5.95. The van der Waals surface area contributed by atoms with Crippen LogP contribution in [0.2, 0.25) is 0 Å². The van der Waals surface area contributed by atoms with Crippen LogP contribution >= 0.6 is 35.3 Å². The second kappa shape index (κ2) is 10.6. The summed E-state index contributed by atoms with van der Waals surface area (Å²) in [6, 6.07) is 9.08. The largest absolute Gasteiger partial charge is 0.478 e. The first kappa shape index (κ1) is 25.6. The van der Waals surface area contributed by atoms with Gasteiger partial charge in [-0.15, -0.1) is 11.3 Å². The monoisotopic (exact) mass is 548 g/mol. The van der Waals surface area contributed by atoms with Crippen molar-refractivity contribution in [3.05, 3.63) is 80.6 Å². The summed E-state index contributed by atoms with van der Waals surface area (Å²) in [5.41, 5.74) is 1.14. The Hall–Kier alpha value is -3.48. The number of carbonyl (C=O) groups excluding carboxylic acids is 2. The highest BCUT2D eigenvalue weighted by molar-refractivity contribution is 8.26. The van der Waals surface area contributed by atoms with E-state index in [-0.39, 0.29) is 40.2 Å². The minimum Gasteiger partial charge on any atom is -0.478 e. The Bertz CT molecular complexity index is 1400. The van der Waals surface area contributed by atoms with E-state index in [9.17, 15) is 27.6 Å². The third kappa shape index (κ3) is 5.66. The maximum absolute atomic E-state index is 13.6. The molecule has 6 nitrogen and oxygen atoms in total. The van der Waals surface area contributed by atoms with Crippen molar-refractivity contribution in [1.29, 1.82) is 0 Å². The first-order chi connectivity index (χ1) is 17.1. The molecule has 184 valence electrons. The summed E-state index contributed by atoms with van der Waals surface area (Å²) in [5, 5.41) is 13.2. The molecular weight excluding hydrogens is 533 g/mol. The lowest BCUT2D eigenvalue weighted by atomic mass is 10.1. The number of rotatable bonds is 7. The van der Waals surface area contributed by atoms with Crippen LogP contribution in [0.15, 0.2) is 52.7 Å². The van der Waals surface area contributed by atoms with E-state index in [1.54, 1.807) is 17.5 Å². The van der Waals surface area contributed by atoms with Crippen LogP contribution < -0.4 is 5.32 Å². The lowest BCUT2D eigenvalue weighted by Gasteiger charge is -2.14. The fourth-order valence-electron chi connectivity index (χ4n) is 3.26. The number of amides is 2. The predicted molar refractivity (Wildman–Crippen MR) is 136 cm³/mol. The molecule has 1 saturated heterocycles. The Balaban J connectivity index is 1.39. The fourth-order valence-corrected chi connectivity index (χ4v) is 5.48. The highest BCUT2D eigenvalue weighted by atomic mass is 32.2. The smallest absolute Gasteiger partial charge is 0.335 e. The van der Waals surface area contributed by atoms with Crippen LogP contribution in [-0.4, -0.2) is 38.7 Å². The average molecular weight is 549 g/mol. The molecule has 0 saturated carbocycles. The van der Waals surface area contributed by atoms with Crippen LogP contribution in [0.5, 0.6) is 0 Å². The summed E-state index contributed by atoms with van der Waals surface area (Å²) in [6.45, 7) is 0.0465. The molecule has 0 unspecified atom stereocenters. The Morgan fingerprint density at radius 2 is 1.72 bits per heavy atom. The molecule has 1 aromatic heterocycles. The number of benzene rings is 2. The molecule has 2 aromatic carbocycles. The van der Waals surface area contributed by atoms with Gasteiger partial charge in [-0.1, -0.05) is 24.0 Å². The van der Waals surface area contributed by atoms with Gasteiger partial charge < -0.3 is 10.4 Å². The van der Waals surface area contributed by atoms with E-state index in [2.05, 4.69) is 5.32 Å². The van der Waals surface area contributed by atoms with Gasteiger partial charge in [0.2, 0.25) is 5.91 Å². The van der Waals surface area contributed by atoms with Gasteiger partial charge in [0.1, 0.15) is 4.32 Å². The van der Waals surface area contributed by atoms with Crippen molar-refractivity contribution >= 4 is 69.2 Å². The molecule has 1 aliphatic heterocycles. The highest BCUT2D eigenvalue weighted by Gasteiger charge is 2.32. The van der Waals surface area contributed by atoms with E-state index in [1.807, 2.05) is 0 Å². The number of aromatic carboxylic acids is 1. The van der Waals surface area contributed by atoms with Crippen molar-refractivity contribution in [2.75, 3.05) is 11.9 Å². The Morgan fingerprint density at radius 1 is 1.06 bits per heavy atom. The molecule has 0 radical (unpaired) electrons. The maximum atomic E-state index is 13.6. The molecule has 1 aliphatic rings. The first-order valence-electron chi connectivity index (χ1n) is 10.2. The van der Waals surface area contributed by atoms with Gasteiger partial charge in [0.25, 0.3) is 5.91 Å². The minimum absolute atomic E-state index is 0.0365. The number of nitrogens with one attached hydrogen (secondary N) is 1. The lowest BCUT2D eigenvalue weighted by molar-refractivity contribution is -0.122. The SMILES string of the molecule is O=C(CCN1C(=O)C(=Cc2cc(-c3cc(F)c(F)c(F)c3)cs2)SC1=S)Nc1ccc(C(=O)O)cc1. The third-order valence-corrected chi connectivity index (χ3v) is 7.32. The number of carboxylic acid groups (broad SMARTS) is 1. The van der Waals surface area contributed by atoms with Crippen LogP contribution in [0.3, 0.4) is 0 Å². The van der Waals surface area contributed by atoms with E-state index in [4.69, 9.17) is 17.3 Å². The zero-order valence-electron chi connectivity index (χ0n) is 18.1. The van der Waals surface area contributed by atoms with Gasteiger partial charge in [-0.2, -0.15) is 0 Å².